The van der Waals surface area contributed by atoms with Crippen molar-refractivity contribution in [2.45, 2.75) is 58.5 Å². The van der Waals surface area contributed by atoms with E-state index in [1.165, 1.54) is 12.1 Å². The van der Waals surface area contributed by atoms with E-state index in [9.17, 15) is 18.8 Å². The summed E-state index contributed by atoms with van der Waals surface area (Å²) in [6.45, 7) is 7.49. The summed E-state index contributed by atoms with van der Waals surface area (Å²) in [6, 6.07) is 6.29. The number of amides is 3. The van der Waals surface area contributed by atoms with E-state index < -0.39 is 11.7 Å². The van der Waals surface area contributed by atoms with E-state index in [0.717, 1.165) is 18.4 Å². The van der Waals surface area contributed by atoms with Crippen molar-refractivity contribution in [2.75, 3.05) is 26.2 Å². The molecule has 1 aromatic carbocycles. The molecule has 0 bridgehead atoms. The molecule has 172 valence electrons. The van der Waals surface area contributed by atoms with Crippen LogP contribution in [0.2, 0.25) is 0 Å². The second-order valence-corrected chi connectivity index (χ2v) is 8.94. The second kappa shape index (κ2) is 11.7. The third kappa shape index (κ3) is 9.81. The quantitative estimate of drug-likeness (QED) is 0.657. The smallest absolute Gasteiger partial charge is 0.407 e. The molecule has 31 heavy (non-hydrogen) atoms. The van der Waals surface area contributed by atoms with Crippen LogP contribution in [0, 0.1) is 11.7 Å². The van der Waals surface area contributed by atoms with E-state index in [-0.39, 0.29) is 30.6 Å². The van der Waals surface area contributed by atoms with Crippen LogP contribution in [0.15, 0.2) is 24.3 Å². The Morgan fingerprint density at radius 3 is 2.48 bits per heavy atom. The number of carbonyl (C=O) groups excluding carboxylic acids is 3. The number of hydrogen-bond acceptors (Lipinski definition) is 4. The normalized spacial score (nSPS) is 14.8. The molecular formula is C23H34FN3O4. The fourth-order valence-corrected chi connectivity index (χ4v) is 3.43. The highest BCUT2D eigenvalue weighted by Gasteiger charge is 2.23. The summed E-state index contributed by atoms with van der Waals surface area (Å²) in [5.41, 5.74) is 0.244. The van der Waals surface area contributed by atoms with Crippen molar-refractivity contribution in [2.24, 2.45) is 5.92 Å². The Labute approximate surface area is 183 Å². The molecule has 1 heterocycles. The molecule has 0 unspecified atom stereocenters. The number of aryl methyl sites for hydroxylation is 1. The minimum absolute atomic E-state index is 0.00800. The number of nitrogens with one attached hydrogen (secondary N) is 2. The van der Waals surface area contributed by atoms with Crippen LogP contribution in [0.5, 0.6) is 0 Å². The summed E-state index contributed by atoms with van der Waals surface area (Å²) in [7, 11) is 0. The van der Waals surface area contributed by atoms with Gasteiger partial charge < -0.3 is 20.3 Å². The first-order valence-corrected chi connectivity index (χ1v) is 10.9. The van der Waals surface area contributed by atoms with Gasteiger partial charge in [-0.3, -0.25) is 9.59 Å². The molecule has 2 rings (SSSR count). The highest BCUT2D eigenvalue weighted by molar-refractivity contribution is 5.77. The maximum atomic E-state index is 13.2. The molecule has 8 heteroatoms. The number of ether oxygens (including phenoxy) is 1. The molecule has 1 saturated heterocycles. The van der Waals surface area contributed by atoms with E-state index in [1.54, 1.807) is 31.7 Å². The molecule has 1 aliphatic heterocycles. The number of carbonyl (C=O) groups is 3. The van der Waals surface area contributed by atoms with Crippen molar-refractivity contribution in [1.29, 1.82) is 0 Å². The van der Waals surface area contributed by atoms with Crippen LogP contribution in [0.4, 0.5) is 9.18 Å². The molecule has 1 aromatic rings. The highest BCUT2D eigenvalue weighted by atomic mass is 19.1. The molecule has 1 aliphatic rings. The largest absolute Gasteiger partial charge is 0.444 e. The van der Waals surface area contributed by atoms with Gasteiger partial charge in [-0.05, 0) is 63.6 Å². The minimum atomic E-state index is -0.565. The van der Waals surface area contributed by atoms with Gasteiger partial charge in [0.25, 0.3) is 0 Å². The van der Waals surface area contributed by atoms with Gasteiger partial charge in [0.15, 0.2) is 0 Å². The number of rotatable bonds is 8. The van der Waals surface area contributed by atoms with Crippen LogP contribution in [-0.2, 0) is 20.7 Å². The van der Waals surface area contributed by atoms with Crippen molar-refractivity contribution >= 4 is 17.9 Å². The van der Waals surface area contributed by atoms with Gasteiger partial charge in [0.1, 0.15) is 11.4 Å². The van der Waals surface area contributed by atoms with Crippen molar-refractivity contribution in [3.8, 4) is 0 Å². The van der Waals surface area contributed by atoms with Gasteiger partial charge in [-0.1, -0.05) is 12.1 Å². The van der Waals surface area contributed by atoms with E-state index in [4.69, 9.17) is 4.74 Å². The predicted molar refractivity (Wildman–Crippen MR) is 116 cm³/mol. The summed E-state index contributed by atoms with van der Waals surface area (Å²) < 4.78 is 18.3. The van der Waals surface area contributed by atoms with Crippen LogP contribution in [-0.4, -0.2) is 54.6 Å². The molecule has 0 saturated carbocycles. The van der Waals surface area contributed by atoms with Gasteiger partial charge in [-0.25, -0.2) is 9.18 Å². The molecule has 2 N–H and O–H groups in total. The number of piperidine rings is 1. The zero-order valence-electron chi connectivity index (χ0n) is 18.7. The topological polar surface area (TPSA) is 87.7 Å². The molecule has 0 atom stereocenters. The minimum Gasteiger partial charge on any atom is -0.444 e. The lowest BCUT2D eigenvalue weighted by molar-refractivity contribution is -0.132. The summed E-state index contributed by atoms with van der Waals surface area (Å²) in [4.78, 5) is 37.8. The van der Waals surface area contributed by atoms with Crippen molar-refractivity contribution in [1.82, 2.24) is 15.5 Å². The van der Waals surface area contributed by atoms with Crippen LogP contribution >= 0.6 is 0 Å². The highest BCUT2D eigenvalue weighted by Crippen LogP contribution is 2.17. The van der Waals surface area contributed by atoms with E-state index in [1.807, 2.05) is 6.07 Å². The molecule has 3 amide bonds. The average molecular weight is 436 g/mol. The molecule has 0 aliphatic carbocycles. The lowest BCUT2D eigenvalue weighted by atomic mass is 9.96. The lowest BCUT2D eigenvalue weighted by Crippen LogP contribution is -2.42. The fraction of sp³-hybridized carbons (Fsp3) is 0.609. The predicted octanol–water partition coefficient (Wildman–Crippen LogP) is 3.03. The van der Waals surface area contributed by atoms with E-state index in [2.05, 4.69) is 10.6 Å². The maximum absolute atomic E-state index is 13.2. The molecular weight excluding hydrogens is 401 g/mol. The van der Waals surface area contributed by atoms with Crippen molar-refractivity contribution in [3.05, 3.63) is 35.6 Å². The Bertz CT molecular complexity index is 755. The van der Waals surface area contributed by atoms with Gasteiger partial charge in [-0.15, -0.1) is 0 Å². The van der Waals surface area contributed by atoms with Gasteiger partial charge in [0, 0.05) is 39.0 Å². The standard InChI is InChI=1S/C23H34FN3O4/c1-23(2,3)31-22(30)25-12-9-21(29)27-13-10-18(11-14-27)16-26-20(28)8-7-17-5-4-6-19(24)15-17/h4-6,15,18H,7-14,16H2,1-3H3,(H,25,30)(H,26,28). The van der Waals surface area contributed by atoms with Crippen LogP contribution in [0.25, 0.3) is 0 Å². The molecule has 0 spiro atoms. The summed E-state index contributed by atoms with van der Waals surface area (Å²) in [5, 5.41) is 5.55. The van der Waals surface area contributed by atoms with Gasteiger partial charge in [0.05, 0.1) is 0 Å². The maximum Gasteiger partial charge on any atom is 0.407 e. The van der Waals surface area contributed by atoms with Gasteiger partial charge >= 0.3 is 6.09 Å². The number of likely N-dealkylation sites (tertiary alicyclic amines) is 1. The fourth-order valence-electron chi connectivity index (χ4n) is 3.43. The Balaban J connectivity index is 1.58. The molecule has 7 nitrogen and oxygen atoms in total. The number of halogens is 1. The molecule has 0 radical (unpaired) electrons. The van der Waals surface area contributed by atoms with Crippen LogP contribution < -0.4 is 10.6 Å². The SMILES string of the molecule is CC(C)(C)OC(=O)NCCC(=O)N1CCC(CNC(=O)CCc2cccc(F)c2)CC1. The first-order valence-electron chi connectivity index (χ1n) is 10.9. The lowest BCUT2D eigenvalue weighted by Gasteiger charge is -2.32. The first-order chi connectivity index (χ1) is 14.6. The van der Waals surface area contributed by atoms with Gasteiger partial charge in [-0.2, -0.15) is 0 Å². The first kappa shape index (κ1) is 24.6. The number of nitrogens with zero attached hydrogens (tertiary/aromatic N) is 1. The summed E-state index contributed by atoms with van der Waals surface area (Å²) in [6.07, 6.45) is 2.21. The molecule has 1 fully saturated rings. The van der Waals surface area contributed by atoms with Crippen LogP contribution in [0.3, 0.4) is 0 Å². The van der Waals surface area contributed by atoms with E-state index >= 15 is 0 Å². The van der Waals surface area contributed by atoms with Crippen LogP contribution in [0.1, 0.15) is 52.0 Å². The third-order valence-corrected chi connectivity index (χ3v) is 5.09. The van der Waals surface area contributed by atoms with Gasteiger partial charge in [0.2, 0.25) is 11.8 Å². The average Bonchev–Trinajstić information content (AvgIpc) is 2.69. The number of hydrogen-bond donors (Lipinski definition) is 2. The zero-order chi connectivity index (χ0) is 22.9. The van der Waals surface area contributed by atoms with Crippen molar-refractivity contribution < 1.29 is 23.5 Å². The van der Waals surface area contributed by atoms with Crippen molar-refractivity contribution in [3.63, 3.8) is 0 Å². The number of alkyl carbamates (subject to hydrolysis) is 1. The summed E-state index contributed by atoms with van der Waals surface area (Å²) >= 11 is 0. The zero-order valence-corrected chi connectivity index (χ0v) is 18.7. The van der Waals surface area contributed by atoms with E-state index in [0.29, 0.717) is 38.4 Å². The molecule has 0 aromatic heterocycles. The Hall–Kier alpha value is -2.64. The Morgan fingerprint density at radius 1 is 1.13 bits per heavy atom. The Kier molecular flexibility index (Phi) is 9.27. The third-order valence-electron chi connectivity index (χ3n) is 5.09. The second-order valence-electron chi connectivity index (χ2n) is 8.94. The monoisotopic (exact) mass is 435 g/mol. The summed E-state index contributed by atoms with van der Waals surface area (Å²) in [5.74, 6) is 0.00603. The number of benzene rings is 1. The Morgan fingerprint density at radius 2 is 1.84 bits per heavy atom.